The van der Waals surface area contributed by atoms with Crippen LogP contribution in [-0.2, 0) is 23.3 Å². The maximum atomic E-state index is 7.70. The summed E-state index contributed by atoms with van der Waals surface area (Å²) in [5.41, 5.74) is 10.7. The van der Waals surface area contributed by atoms with E-state index in [1.54, 1.807) is 0 Å². The molecular formula is C32H30Cl2SiZr. The molecule has 0 saturated carbocycles. The molecule has 1 aliphatic carbocycles. The van der Waals surface area contributed by atoms with E-state index in [2.05, 4.69) is 119 Å². The van der Waals surface area contributed by atoms with Crippen LogP contribution in [0, 0.1) is 0 Å². The zero-order chi connectivity index (χ0) is 25.2. The van der Waals surface area contributed by atoms with Gasteiger partial charge >= 0.3 is 230 Å². The van der Waals surface area contributed by atoms with Crippen LogP contribution in [0.1, 0.15) is 48.0 Å². The SMILES string of the molecule is CC1=Cc2c(ccc(C(C)(C)C)c2-c2ccccc2)[CH]1[Zr]([Cl])([Cl])[c]1cccc2c1[SiH2]c1ccccc1-2. The van der Waals surface area contributed by atoms with Gasteiger partial charge in [-0.2, -0.15) is 0 Å². The van der Waals surface area contributed by atoms with Crippen molar-refractivity contribution in [2.45, 2.75) is 36.7 Å². The number of hydrogen-bond acceptors (Lipinski definition) is 0. The number of allylic oxidation sites excluding steroid dienone is 1. The maximum absolute atomic E-state index is 7.70. The minimum atomic E-state index is -3.90. The van der Waals surface area contributed by atoms with Crippen LogP contribution in [-0.4, -0.2) is 9.52 Å². The zero-order valence-electron chi connectivity index (χ0n) is 21.2. The van der Waals surface area contributed by atoms with Crippen molar-refractivity contribution < 1.29 is 17.9 Å². The van der Waals surface area contributed by atoms with Gasteiger partial charge in [-0.3, -0.25) is 0 Å². The topological polar surface area (TPSA) is 0 Å². The molecule has 1 aliphatic heterocycles. The molecule has 4 aromatic rings. The van der Waals surface area contributed by atoms with Gasteiger partial charge in [-0.05, 0) is 0 Å². The molecule has 180 valence electrons. The molecule has 2 aliphatic rings. The van der Waals surface area contributed by atoms with E-state index in [1.165, 1.54) is 58.2 Å². The Morgan fingerprint density at radius 3 is 2.22 bits per heavy atom. The molecule has 0 radical (unpaired) electrons. The summed E-state index contributed by atoms with van der Waals surface area (Å²) in [6, 6.07) is 31.0. The first-order chi connectivity index (χ1) is 17.2. The number of hydrogen-bond donors (Lipinski definition) is 0. The molecule has 0 N–H and O–H groups in total. The average molecular weight is 605 g/mol. The van der Waals surface area contributed by atoms with Crippen LogP contribution in [0.2, 0.25) is 0 Å². The number of halogens is 2. The first kappa shape index (κ1) is 24.6. The van der Waals surface area contributed by atoms with Crippen LogP contribution in [0.3, 0.4) is 0 Å². The van der Waals surface area contributed by atoms with E-state index in [0.29, 0.717) is 0 Å². The third-order valence-corrected chi connectivity index (χ3v) is 22.4. The van der Waals surface area contributed by atoms with Crippen LogP contribution in [0.15, 0.2) is 90.5 Å². The van der Waals surface area contributed by atoms with Crippen molar-refractivity contribution in [3.05, 3.63) is 107 Å². The van der Waals surface area contributed by atoms with Gasteiger partial charge in [-0.15, -0.1) is 0 Å². The van der Waals surface area contributed by atoms with Gasteiger partial charge in [0.15, 0.2) is 0 Å². The van der Waals surface area contributed by atoms with E-state index in [0.717, 1.165) is 0 Å². The molecule has 0 aromatic heterocycles. The second-order valence-corrected chi connectivity index (χ2v) is 27.0. The van der Waals surface area contributed by atoms with E-state index in [1.807, 2.05) is 0 Å². The quantitative estimate of drug-likeness (QED) is 0.195. The van der Waals surface area contributed by atoms with Crippen molar-refractivity contribution in [2.75, 3.05) is 0 Å². The molecule has 1 atom stereocenters. The first-order valence-corrected chi connectivity index (χ1v) is 23.1. The van der Waals surface area contributed by atoms with Gasteiger partial charge in [0, 0.05) is 0 Å². The molecule has 36 heavy (non-hydrogen) atoms. The summed E-state index contributed by atoms with van der Waals surface area (Å²) in [4.78, 5) is 0. The Kier molecular flexibility index (Phi) is 6.12. The van der Waals surface area contributed by atoms with Crippen LogP contribution in [0.4, 0.5) is 0 Å². The summed E-state index contributed by atoms with van der Waals surface area (Å²) in [6.07, 6.45) is 2.38. The second kappa shape index (κ2) is 8.95. The first-order valence-electron chi connectivity index (χ1n) is 12.7. The van der Waals surface area contributed by atoms with Gasteiger partial charge in [0.25, 0.3) is 0 Å². The minimum absolute atomic E-state index is 0.0277. The molecule has 6 rings (SSSR count). The van der Waals surface area contributed by atoms with Crippen molar-refractivity contribution in [3.8, 4) is 22.3 Å². The van der Waals surface area contributed by atoms with Gasteiger partial charge in [0.1, 0.15) is 0 Å². The van der Waals surface area contributed by atoms with Crippen molar-refractivity contribution in [3.63, 3.8) is 0 Å². The molecule has 0 nitrogen and oxygen atoms in total. The van der Waals surface area contributed by atoms with E-state index < -0.39 is 27.4 Å². The summed E-state index contributed by atoms with van der Waals surface area (Å²) >= 11 is -3.90. The van der Waals surface area contributed by atoms with E-state index in [-0.39, 0.29) is 9.04 Å². The summed E-state index contributed by atoms with van der Waals surface area (Å²) < 4.78 is 1.40. The molecular weight excluding hydrogens is 575 g/mol. The monoisotopic (exact) mass is 602 g/mol. The standard InChI is InChI=1S/C20H21.C12H9Si.2ClH.Zr/c1-14-12-16-10-11-18(20(2,3)4)19(17(16)13-14)15-8-6-5-7-9-15;1-3-7-11-9(5-1)10-6-2-4-8-12(10)13-11;;;/h5-13H,1-4H3;1-7H,13H2;2*1H;/q;;;;+2/p-2. The van der Waals surface area contributed by atoms with Crippen LogP contribution < -0.4 is 13.6 Å². The molecule has 1 unspecified atom stereocenters. The van der Waals surface area contributed by atoms with Crippen LogP contribution >= 0.6 is 17.0 Å². The Morgan fingerprint density at radius 1 is 0.778 bits per heavy atom. The average Bonchev–Trinajstić information content (AvgIpc) is 3.40. The van der Waals surface area contributed by atoms with Crippen molar-refractivity contribution in [1.82, 2.24) is 0 Å². The van der Waals surface area contributed by atoms with Crippen LogP contribution in [0.25, 0.3) is 28.3 Å². The van der Waals surface area contributed by atoms with Crippen molar-refractivity contribution >= 4 is 46.3 Å². The van der Waals surface area contributed by atoms with Crippen molar-refractivity contribution in [2.24, 2.45) is 0 Å². The van der Waals surface area contributed by atoms with Gasteiger partial charge in [0.2, 0.25) is 0 Å². The van der Waals surface area contributed by atoms with Crippen LogP contribution in [0.5, 0.6) is 0 Å². The Hall–Kier alpha value is -1.70. The Balaban J connectivity index is 1.53. The van der Waals surface area contributed by atoms with E-state index >= 15 is 0 Å². The predicted octanol–water partition coefficient (Wildman–Crippen LogP) is 7.00. The van der Waals surface area contributed by atoms with E-state index in [9.17, 15) is 0 Å². The number of benzene rings is 4. The van der Waals surface area contributed by atoms with Gasteiger partial charge in [-0.25, -0.2) is 0 Å². The zero-order valence-corrected chi connectivity index (χ0v) is 26.6. The Morgan fingerprint density at radius 2 is 1.47 bits per heavy atom. The fourth-order valence-electron chi connectivity index (χ4n) is 6.25. The molecule has 4 aromatic carbocycles. The van der Waals surface area contributed by atoms with Gasteiger partial charge in [0.05, 0.1) is 0 Å². The fraction of sp³-hybridized carbons (Fsp3) is 0.188. The summed E-state index contributed by atoms with van der Waals surface area (Å²) in [5.74, 6) is 0. The number of fused-ring (bicyclic) bond motifs is 4. The Bertz CT molecular complexity index is 1530. The summed E-state index contributed by atoms with van der Waals surface area (Å²) in [7, 11) is 14.8. The molecule has 0 spiro atoms. The molecule has 1 heterocycles. The molecule has 0 bridgehead atoms. The molecule has 4 heteroatoms. The van der Waals surface area contributed by atoms with Gasteiger partial charge < -0.3 is 0 Å². The van der Waals surface area contributed by atoms with E-state index in [4.69, 9.17) is 17.0 Å². The third kappa shape index (κ3) is 3.88. The predicted molar refractivity (Wildman–Crippen MR) is 158 cm³/mol. The normalized spacial score (nSPS) is 17.1. The molecule has 0 amide bonds. The Labute approximate surface area is 228 Å². The van der Waals surface area contributed by atoms with Crippen molar-refractivity contribution in [1.29, 1.82) is 0 Å². The number of rotatable bonds is 3. The second-order valence-electron chi connectivity index (χ2n) is 11.2. The molecule has 0 fully saturated rings. The summed E-state index contributed by atoms with van der Waals surface area (Å²) in [6.45, 7) is 9.13. The fourth-order valence-corrected chi connectivity index (χ4v) is 23.4. The summed E-state index contributed by atoms with van der Waals surface area (Å²) in [5, 5.41) is 2.99. The third-order valence-electron chi connectivity index (χ3n) is 7.86. The van der Waals surface area contributed by atoms with Gasteiger partial charge in [-0.1, -0.05) is 0 Å². The molecule has 0 saturated heterocycles.